The van der Waals surface area contributed by atoms with E-state index < -0.39 is 0 Å². The second-order valence-electron chi connectivity index (χ2n) is 7.55. The van der Waals surface area contributed by atoms with Crippen molar-refractivity contribution >= 4 is 11.9 Å². The number of hydrogen-bond acceptors (Lipinski definition) is 6. The molecule has 3 heterocycles. The van der Waals surface area contributed by atoms with Gasteiger partial charge in [0.2, 0.25) is 11.8 Å². The molecule has 0 bridgehead atoms. The molecule has 2 saturated heterocycles. The van der Waals surface area contributed by atoms with Crippen molar-refractivity contribution in [3.63, 3.8) is 0 Å². The summed E-state index contributed by atoms with van der Waals surface area (Å²) in [4.78, 5) is 33.8. The molecule has 3 atom stereocenters. The lowest BCUT2D eigenvalue weighted by atomic mass is 9.93. The Morgan fingerprint density at radius 3 is 2.72 bits per heavy atom. The van der Waals surface area contributed by atoms with E-state index in [9.17, 15) is 9.59 Å². The molecule has 7 nitrogen and oxygen atoms in total. The second kappa shape index (κ2) is 8.21. The van der Waals surface area contributed by atoms with Crippen LogP contribution in [-0.4, -0.2) is 60.0 Å². The molecule has 1 aromatic heterocycles. The van der Waals surface area contributed by atoms with E-state index in [0.29, 0.717) is 31.9 Å². The molecule has 0 unspecified atom stereocenters. The van der Waals surface area contributed by atoms with E-state index in [1.54, 1.807) is 13.3 Å². The summed E-state index contributed by atoms with van der Waals surface area (Å²) >= 11 is 0. The summed E-state index contributed by atoms with van der Waals surface area (Å²) in [5.74, 6) is -0.00505. The van der Waals surface area contributed by atoms with Gasteiger partial charge >= 0.3 is 5.97 Å². The third kappa shape index (κ3) is 3.82. The van der Waals surface area contributed by atoms with Gasteiger partial charge in [-0.05, 0) is 23.6 Å². The van der Waals surface area contributed by atoms with Gasteiger partial charge in [-0.15, -0.1) is 0 Å². The molecule has 4 rings (SSSR count). The van der Waals surface area contributed by atoms with Crippen molar-refractivity contribution in [3.8, 4) is 5.88 Å². The van der Waals surface area contributed by atoms with E-state index in [-0.39, 0.29) is 29.9 Å². The number of carbonyl (C=O) groups is 2. The molecule has 29 heavy (non-hydrogen) atoms. The highest BCUT2D eigenvalue weighted by atomic mass is 16.5. The number of nitrogens with zero attached hydrogens (tertiary/aromatic N) is 3. The van der Waals surface area contributed by atoms with E-state index in [2.05, 4.69) is 9.88 Å². The zero-order valence-electron chi connectivity index (χ0n) is 16.7. The van der Waals surface area contributed by atoms with Crippen LogP contribution in [0, 0.1) is 5.92 Å². The monoisotopic (exact) mass is 395 g/mol. The number of aromatic nitrogens is 1. The Balaban J connectivity index is 1.56. The van der Waals surface area contributed by atoms with Gasteiger partial charge in [-0.1, -0.05) is 30.3 Å². The molecule has 2 aliphatic rings. The number of methoxy groups -OCH3 is 2. The molecule has 1 aromatic carbocycles. The van der Waals surface area contributed by atoms with Crippen molar-refractivity contribution in [1.82, 2.24) is 14.8 Å². The van der Waals surface area contributed by atoms with Crippen molar-refractivity contribution in [2.75, 3.05) is 27.3 Å². The minimum Gasteiger partial charge on any atom is -0.481 e. The zero-order chi connectivity index (χ0) is 20.4. The summed E-state index contributed by atoms with van der Waals surface area (Å²) in [6.07, 6.45) is 2.31. The Morgan fingerprint density at radius 2 is 2.00 bits per heavy atom. The van der Waals surface area contributed by atoms with E-state index in [1.807, 2.05) is 47.4 Å². The lowest BCUT2D eigenvalue weighted by Gasteiger charge is -2.40. The maximum atomic E-state index is 13.1. The first-order chi connectivity index (χ1) is 14.1. The number of pyridine rings is 1. The van der Waals surface area contributed by atoms with Crippen LogP contribution in [0.15, 0.2) is 48.7 Å². The summed E-state index contributed by atoms with van der Waals surface area (Å²) in [7, 11) is 3.00. The molecule has 1 amide bonds. The first-order valence-corrected chi connectivity index (χ1v) is 9.76. The normalized spacial score (nSPS) is 24.3. The number of carbonyl (C=O) groups excluding carboxylic acids is 2. The van der Waals surface area contributed by atoms with E-state index >= 15 is 0 Å². The lowest BCUT2D eigenvalue weighted by Crippen LogP contribution is -2.53. The largest absolute Gasteiger partial charge is 0.481 e. The van der Waals surface area contributed by atoms with Gasteiger partial charge in [0.1, 0.15) is 0 Å². The predicted molar refractivity (Wildman–Crippen MR) is 106 cm³/mol. The third-order valence-electron chi connectivity index (χ3n) is 5.78. The van der Waals surface area contributed by atoms with Gasteiger partial charge in [0.15, 0.2) is 0 Å². The fraction of sp³-hybridized carbons (Fsp3) is 0.409. The van der Waals surface area contributed by atoms with Crippen LogP contribution in [0.1, 0.15) is 23.6 Å². The number of hydrogen-bond donors (Lipinski definition) is 0. The molecule has 2 fully saturated rings. The fourth-order valence-electron chi connectivity index (χ4n) is 4.57. The molecular formula is C22H25N3O4. The van der Waals surface area contributed by atoms with Gasteiger partial charge < -0.3 is 14.4 Å². The minimum atomic E-state index is -0.350. The number of benzene rings is 1. The Hall–Kier alpha value is -2.93. The maximum Gasteiger partial charge on any atom is 0.311 e. The first kappa shape index (κ1) is 19.4. The molecule has 152 valence electrons. The summed E-state index contributed by atoms with van der Waals surface area (Å²) in [6, 6.07) is 13.3. The molecule has 0 saturated carbocycles. The van der Waals surface area contributed by atoms with Crippen molar-refractivity contribution < 1.29 is 19.1 Å². The van der Waals surface area contributed by atoms with E-state index in [1.165, 1.54) is 7.11 Å². The van der Waals surface area contributed by atoms with Crippen LogP contribution in [0.5, 0.6) is 5.88 Å². The summed E-state index contributed by atoms with van der Waals surface area (Å²) < 4.78 is 10.3. The highest BCUT2D eigenvalue weighted by Crippen LogP contribution is 2.43. The molecule has 2 aromatic rings. The van der Waals surface area contributed by atoms with Crippen LogP contribution < -0.4 is 4.74 Å². The van der Waals surface area contributed by atoms with Crippen molar-refractivity contribution in [2.45, 2.75) is 25.0 Å². The minimum absolute atomic E-state index is 0.0192. The predicted octanol–water partition coefficient (Wildman–Crippen LogP) is 2.04. The van der Waals surface area contributed by atoms with Gasteiger partial charge in [-0.3, -0.25) is 14.5 Å². The molecule has 0 spiro atoms. The Labute approximate surface area is 170 Å². The second-order valence-corrected chi connectivity index (χ2v) is 7.55. The van der Waals surface area contributed by atoms with Crippen LogP contribution in [0.25, 0.3) is 0 Å². The summed E-state index contributed by atoms with van der Waals surface area (Å²) in [5, 5.41) is 0. The van der Waals surface area contributed by atoms with Gasteiger partial charge in [-0.25, -0.2) is 4.98 Å². The Morgan fingerprint density at radius 1 is 1.21 bits per heavy atom. The number of fused-ring (bicyclic) bond motifs is 1. The fourth-order valence-corrected chi connectivity index (χ4v) is 4.57. The van der Waals surface area contributed by atoms with Crippen LogP contribution in [0.3, 0.4) is 0 Å². The van der Waals surface area contributed by atoms with Crippen LogP contribution in [0.2, 0.25) is 0 Å². The van der Waals surface area contributed by atoms with Crippen LogP contribution in [-0.2, 0) is 20.9 Å². The standard InChI is InChI=1S/C22H25N3O4/c1-28-19-10-15(8-9-23-19)12-24-13-17-11-18(22(27)29-2)21(25(17)20(26)14-24)16-6-4-3-5-7-16/h3-10,17-18,21H,11-14H2,1-2H3/t17-,18-,21-/m0/s1. The van der Waals surface area contributed by atoms with E-state index in [4.69, 9.17) is 9.47 Å². The van der Waals surface area contributed by atoms with Crippen LogP contribution >= 0.6 is 0 Å². The van der Waals surface area contributed by atoms with Crippen molar-refractivity contribution in [3.05, 3.63) is 59.8 Å². The molecule has 0 N–H and O–H groups in total. The molecule has 0 aliphatic carbocycles. The SMILES string of the molecule is COC(=O)[C@H]1C[C@H]2CN(Cc3ccnc(OC)c3)CC(=O)N2[C@H]1c1ccccc1. The molecule has 7 heteroatoms. The van der Waals surface area contributed by atoms with Gasteiger partial charge in [0.25, 0.3) is 0 Å². The average Bonchev–Trinajstić information content (AvgIpc) is 3.14. The number of rotatable bonds is 5. The average molecular weight is 395 g/mol. The van der Waals surface area contributed by atoms with Crippen molar-refractivity contribution in [1.29, 1.82) is 0 Å². The zero-order valence-corrected chi connectivity index (χ0v) is 16.7. The quantitative estimate of drug-likeness (QED) is 0.722. The number of piperazine rings is 1. The number of amides is 1. The third-order valence-corrected chi connectivity index (χ3v) is 5.78. The number of esters is 1. The molecule has 2 aliphatic heterocycles. The highest BCUT2D eigenvalue weighted by molar-refractivity contribution is 5.83. The molecular weight excluding hydrogens is 370 g/mol. The topological polar surface area (TPSA) is 72.0 Å². The summed E-state index contributed by atoms with van der Waals surface area (Å²) in [5.41, 5.74) is 2.02. The van der Waals surface area contributed by atoms with Gasteiger partial charge in [0.05, 0.1) is 32.7 Å². The highest BCUT2D eigenvalue weighted by Gasteiger charge is 2.50. The Kier molecular flexibility index (Phi) is 5.49. The van der Waals surface area contributed by atoms with Gasteiger partial charge in [-0.2, -0.15) is 0 Å². The first-order valence-electron chi connectivity index (χ1n) is 9.76. The van der Waals surface area contributed by atoms with Crippen LogP contribution in [0.4, 0.5) is 0 Å². The van der Waals surface area contributed by atoms with Gasteiger partial charge in [0, 0.05) is 31.4 Å². The van der Waals surface area contributed by atoms with Crippen molar-refractivity contribution in [2.24, 2.45) is 5.92 Å². The summed E-state index contributed by atoms with van der Waals surface area (Å²) in [6.45, 7) is 1.67. The maximum absolute atomic E-state index is 13.1. The Bertz CT molecular complexity index is 889. The molecule has 0 radical (unpaired) electrons. The number of ether oxygens (including phenoxy) is 2. The van der Waals surface area contributed by atoms with E-state index in [0.717, 1.165) is 11.1 Å². The lowest BCUT2D eigenvalue weighted by molar-refractivity contribution is -0.147. The smallest absolute Gasteiger partial charge is 0.311 e.